The Morgan fingerprint density at radius 2 is 1.95 bits per heavy atom. The molecule has 0 aromatic heterocycles. The predicted octanol–water partition coefficient (Wildman–Crippen LogP) is 1.01. The van der Waals surface area contributed by atoms with E-state index in [1.54, 1.807) is 25.1 Å². The lowest BCUT2D eigenvalue weighted by Gasteiger charge is -2.09. The molecule has 3 amide bonds. The Balaban J connectivity index is 2.60. The molecule has 21 heavy (non-hydrogen) atoms. The first-order valence-corrected chi connectivity index (χ1v) is 6.37. The number of aryl methyl sites for hydroxylation is 1. The van der Waals surface area contributed by atoms with Crippen molar-refractivity contribution in [2.75, 3.05) is 20.3 Å². The number of esters is 1. The van der Waals surface area contributed by atoms with Crippen molar-refractivity contribution in [2.45, 2.75) is 13.8 Å². The summed E-state index contributed by atoms with van der Waals surface area (Å²) in [6.07, 6.45) is 0. The predicted molar refractivity (Wildman–Crippen MR) is 75.2 cm³/mol. The van der Waals surface area contributed by atoms with Gasteiger partial charge in [0, 0.05) is 6.54 Å². The molecule has 0 fully saturated rings. The smallest absolute Gasteiger partial charge is 0.342 e. The topological polar surface area (TPSA) is 93.7 Å². The van der Waals surface area contributed by atoms with Crippen molar-refractivity contribution in [1.29, 1.82) is 0 Å². The minimum Gasteiger partial charge on any atom is -0.496 e. The van der Waals surface area contributed by atoms with Crippen LogP contribution >= 0.6 is 0 Å². The lowest BCUT2D eigenvalue weighted by molar-refractivity contribution is -0.123. The van der Waals surface area contributed by atoms with Crippen LogP contribution in [-0.4, -0.2) is 38.2 Å². The van der Waals surface area contributed by atoms with Crippen molar-refractivity contribution in [2.24, 2.45) is 0 Å². The van der Waals surface area contributed by atoms with Gasteiger partial charge in [0.05, 0.1) is 7.11 Å². The van der Waals surface area contributed by atoms with Gasteiger partial charge in [-0.1, -0.05) is 11.6 Å². The molecule has 1 aromatic carbocycles. The summed E-state index contributed by atoms with van der Waals surface area (Å²) in [5.74, 6) is -1.04. The van der Waals surface area contributed by atoms with E-state index >= 15 is 0 Å². The number of nitrogens with one attached hydrogen (secondary N) is 2. The summed E-state index contributed by atoms with van der Waals surface area (Å²) in [5, 5.41) is 4.42. The Morgan fingerprint density at radius 1 is 1.24 bits per heavy atom. The van der Waals surface area contributed by atoms with Crippen LogP contribution in [-0.2, 0) is 9.53 Å². The Labute approximate surface area is 122 Å². The zero-order valence-corrected chi connectivity index (χ0v) is 12.2. The number of ether oxygens (including phenoxy) is 2. The quantitative estimate of drug-likeness (QED) is 0.790. The molecule has 0 aliphatic rings. The largest absolute Gasteiger partial charge is 0.496 e. The number of amides is 3. The molecule has 0 bridgehead atoms. The van der Waals surface area contributed by atoms with Gasteiger partial charge in [0.15, 0.2) is 6.61 Å². The van der Waals surface area contributed by atoms with Gasteiger partial charge in [0.2, 0.25) is 0 Å². The maximum atomic E-state index is 11.9. The molecule has 7 nitrogen and oxygen atoms in total. The number of carbonyl (C=O) groups is 3. The Hall–Kier alpha value is -2.57. The van der Waals surface area contributed by atoms with Crippen LogP contribution < -0.4 is 15.4 Å². The SMILES string of the molecule is CCNC(=O)NC(=O)COC(=O)c1cc(C)ccc1OC. The van der Waals surface area contributed by atoms with Gasteiger partial charge >= 0.3 is 12.0 Å². The molecule has 2 N–H and O–H groups in total. The number of benzene rings is 1. The molecule has 114 valence electrons. The highest BCUT2D eigenvalue weighted by molar-refractivity contribution is 5.97. The van der Waals surface area contributed by atoms with E-state index < -0.39 is 24.5 Å². The van der Waals surface area contributed by atoms with Crippen LogP contribution in [0.5, 0.6) is 5.75 Å². The van der Waals surface area contributed by atoms with E-state index in [9.17, 15) is 14.4 Å². The van der Waals surface area contributed by atoms with Crippen molar-refractivity contribution in [3.63, 3.8) is 0 Å². The molecule has 0 spiro atoms. The van der Waals surface area contributed by atoms with E-state index in [0.29, 0.717) is 12.3 Å². The molecular formula is C14H18N2O5. The zero-order valence-electron chi connectivity index (χ0n) is 12.2. The third kappa shape index (κ3) is 5.13. The summed E-state index contributed by atoms with van der Waals surface area (Å²) in [6.45, 7) is 3.37. The van der Waals surface area contributed by atoms with E-state index in [1.165, 1.54) is 7.11 Å². The summed E-state index contributed by atoms with van der Waals surface area (Å²) in [7, 11) is 1.43. The summed E-state index contributed by atoms with van der Waals surface area (Å²) in [6, 6.07) is 4.40. The minimum atomic E-state index is -0.707. The molecule has 1 aromatic rings. The molecule has 0 heterocycles. The number of methoxy groups -OCH3 is 1. The molecule has 0 saturated heterocycles. The van der Waals surface area contributed by atoms with E-state index in [2.05, 4.69) is 5.32 Å². The first-order chi connectivity index (χ1) is 9.97. The van der Waals surface area contributed by atoms with Crippen molar-refractivity contribution >= 4 is 17.9 Å². The fraction of sp³-hybridized carbons (Fsp3) is 0.357. The van der Waals surface area contributed by atoms with Crippen LogP contribution in [0.4, 0.5) is 4.79 Å². The number of carbonyl (C=O) groups excluding carboxylic acids is 3. The zero-order chi connectivity index (χ0) is 15.8. The maximum absolute atomic E-state index is 11.9. The Bertz CT molecular complexity index is 542. The van der Waals surface area contributed by atoms with E-state index in [0.717, 1.165) is 5.56 Å². The second-order valence-electron chi connectivity index (χ2n) is 4.19. The first-order valence-electron chi connectivity index (χ1n) is 6.37. The molecule has 7 heteroatoms. The van der Waals surface area contributed by atoms with Gasteiger partial charge < -0.3 is 14.8 Å². The third-order valence-corrected chi connectivity index (χ3v) is 2.50. The van der Waals surface area contributed by atoms with Gasteiger partial charge in [-0.2, -0.15) is 0 Å². The first kappa shape index (κ1) is 16.5. The number of urea groups is 1. The molecule has 0 atom stereocenters. The minimum absolute atomic E-state index is 0.225. The molecule has 0 radical (unpaired) electrons. The molecule has 0 aliphatic carbocycles. The van der Waals surface area contributed by atoms with E-state index in [1.807, 2.05) is 12.2 Å². The van der Waals surface area contributed by atoms with Crippen molar-refractivity contribution in [3.8, 4) is 5.75 Å². The highest BCUT2D eigenvalue weighted by atomic mass is 16.5. The lowest BCUT2D eigenvalue weighted by atomic mass is 10.1. The van der Waals surface area contributed by atoms with Crippen LogP contribution in [0.3, 0.4) is 0 Å². The van der Waals surface area contributed by atoms with E-state index in [-0.39, 0.29) is 5.56 Å². The van der Waals surface area contributed by atoms with Gasteiger partial charge in [-0.25, -0.2) is 9.59 Å². The summed E-state index contributed by atoms with van der Waals surface area (Å²) in [5.41, 5.74) is 1.08. The van der Waals surface area contributed by atoms with Crippen LogP contribution in [0.2, 0.25) is 0 Å². The van der Waals surface area contributed by atoms with Gasteiger partial charge in [0.25, 0.3) is 5.91 Å². The van der Waals surface area contributed by atoms with Gasteiger partial charge in [-0.3, -0.25) is 10.1 Å². The van der Waals surface area contributed by atoms with Crippen LogP contribution in [0.1, 0.15) is 22.8 Å². The summed E-state index contributed by atoms with van der Waals surface area (Å²) < 4.78 is 9.91. The fourth-order valence-electron chi connectivity index (χ4n) is 1.56. The van der Waals surface area contributed by atoms with Crippen LogP contribution in [0.15, 0.2) is 18.2 Å². The normalized spacial score (nSPS) is 9.67. The average molecular weight is 294 g/mol. The second kappa shape index (κ2) is 7.88. The Kier molecular flexibility index (Phi) is 6.19. The maximum Gasteiger partial charge on any atom is 0.342 e. The highest BCUT2D eigenvalue weighted by Gasteiger charge is 2.16. The molecular weight excluding hydrogens is 276 g/mol. The van der Waals surface area contributed by atoms with Gasteiger partial charge in [-0.05, 0) is 26.0 Å². The lowest BCUT2D eigenvalue weighted by Crippen LogP contribution is -2.41. The standard InChI is InChI=1S/C14H18N2O5/c1-4-15-14(19)16-12(17)8-21-13(18)10-7-9(2)5-6-11(10)20-3/h5-7H,4,8H2,1-3H3,(H2,15,16,17,19). The van der Waals surface area contributed by atoms with Gasteiger partial charge in [-0.15, -0.1) is 0 Å². The molecule has 1 rings (SSSR count). The summed E-state index contributed by atoms with van der Waals surface area (Å²) in [4.78, 5) is 34.4. The average Bonchev–Trinajstić information content (AvgIpc) is 2.44. The monoisotopic (exact) mass is 294 g/mol. The van der Waals surface area contributed by atoms with Crippen LogP contribution in [0.25, 0.3) is 0 Å². The third-order valence-electron chi connectivity index (χ3n) is 2.50. The molecule has 0 aliphatic heterocycles. The fourth-order valence-corrected chi connectivity index (χ4v) is 1.56. The van der Waals surface area contributed by atoms with Crippen molar-refractivity contribution in [1.82, 2.24) is 10.6 Å². The number of hydrogen-bond acceptors (Lipinski definition) is 5. The van der Waals surface area contributed by atoms with Gasteiger partial charge in [0.1, 0.15) is 11.3 Å². The summed E-state index contributed by atoms with van der Waals surface area (Å²) >= 11 is 0. The number of imide groups is 1. The second-order valence-corrected chi connectivity index (χ2v) is 4.19. The highest BCUT2D eigenvalue weighted by Crippen LogP contribution is 2.20. The number of rotatable bonds is 5. The Morgan fingerprint density at radius 3 is 2.57 bits per heavy atom. The number of hydrogen-bond donors (Lipinski definition) is 2. The molecule has 0 saturated carbocycles. The van der Waals surface area contributed by atoms with Crippen LogP contribution in [0, 0.1) is 6.92 Å². The van der Waals surface area contributed by atoms with E-state index in [4.69, 9.17) is 9.47 Å². The molecule has 0 unspecified atom stereocenters. The van der Waals surface area contributed by atoms with Crippen molar-refractivity contribution < 1.29 is 23.9 Å². The van der Waals surface area contributed by atoms with Crippen molar-refractivity contribution in [3.05, 3.63) is 29.3 Å².